The lowest BCUT2D eigenvalue weighted by Crippen LogP contribution is -2.14. The van der Waals surface area contributed by atoms with Crippen molar-refractivity contribution >= 4 is 22.9 Å². The lowest BCUT2D eigenvalue weighted by molar-refractivity contribution is 0.305. The van der Waals surface area contributed by atoms with Crippen LogP contribution < -0.4 is 10.1 Å². The Balaban J connectivity index is 1.59. The molecule has 21 heavy (non-hydrogen) atoms. The van der Waals surface area contributed by atoms with Crippen molar-refractivity contribution < 1.29 is 9.13 Å². The van der Waals surface area contributed by atoms with Gasteiger partial charge >= 0.3 is 0 Å². The average Bonchev–Trinajstić information content (AvgIpc) is 3.22. The normalized spacial score (nSPS) is 14.4. The molecule has 0 aliphatic heterocycles. The Morgan fingerprint density at radius 3 is 2.90 bits per heavy atom. The molecular formula is C16H17ClFNOS. The van der Waals surface area contributed by atoms with Crippen molar-refractivity contribution in [1.29, 1.82) is 0 Å². The van der Waals surface area contributed by atoms with Crippen LogP contribution in [-0.4, -0.2) is 6.04 Å². The SMILES string of the molecule is Cc1sc(CNC2CC2)cc1COc1ccc(F)c(Cl)c1. The van der Waals surface area contributed by atoms with E-state index in [1.54, 1.807) is 17.4 Å². The minimum absolute atomic E-state index is 0.0869. The standard InChI is InChI=1S/C16H17ClFNOS/c1-10-11(6-14(21-10)8-19-12-2-3-12)9-20-13-4-5-16(18)15(17)7-13/h4-7,12,19H,2-3,8-9H2,1H3. The third kappa shape index (κ3) is 3.96. The van der Waals surface area contributed by atoms with Crippen LogP contribution in [0.1, 0.15) is 28.2 Å². The van der Waals surface area contributed by atoms with Crippen LogP contribution in [0.2, 0.25) is 5.02 Å². The molecule has 0 atom stereocenters. The molecule has 0 radical (unpaired) electrons. The molecule has 1 aromatic carbocycles. The Morgan fingerprint density at radius 2 is 2.19 bits per heavy atom. The summed E-state index contributed by atoms with van der Waals surface area (Å²) in [5, 5.41) is 3.60. The molecule has 0 bridgehead atoms. The van der Waals surface area contributed by atoms with Crippen LogP contribution in [0.15, 0.2) is 24.3 Å². The van der Waals surface area contributed by atoms with Crippen molar-refractivity contribution in [2.45, 2.75) is 39.0 Å². The first-order chi connectivity index (χ1) is 10.1. The van der Waals surface area contributed by atoms with Crippen molar-refractivity contribution in [3.63, 3.8) is 0 Å². The van der Waals surface area contributed by atoms with E-state index in [1.165, 1.54) is 40.3 Å². The highest BCUT2D eigenvalue weighted by molar-refractivity contribution is 7.12. The highest BCUT2D eigenvalue weighted by atomic mass is 35.5. The molecule has 1 N–H and O–H groups in total. The van der Waals surface area contributed by atoms with E-state index in [-0.39, 0.29) is 5.02 Å². The Hall–Kier alpha value is -1.10. The van der Waals surface area contributed by atoms with Gasteiger partial charge in [0.05, 0.1) is 5.02 Å². The summed E-state index contributed by atoms with van der Waals surface area (Å²) in [5.41, 5.74) is 1.17. The molecule has 3 rings (SSSR count). The van der Waals surface area contributed by atoms with Gasteiger partial charge < -0.3 is 10.1 Å². The van der Waals surface area contributed by atoms with Crippen molar-refractivity contribution in [2.75, 3.05) is 0 Å². The van der Waals surface area contributed by atoms with Crippen LogP contribution >= 0.6 is 22.9 Å². The topological polar surface area (TPSA) is 21.3 Å². The summed E-state index contributed by atoms with van der Waals surface area (Å²) in [7, 11) is 0. The zero-order chi connectivity index (χ0) is 14.8. The molecule has 0 saturated heterocycles. The smallest absolute Gasteiger partial charge is 0.142 e. The molecule has 0 amide bonds. The van der Waals surface area contributed by atoms with Gasteiger partial charge in [-0.15, -0.1) is 11.3 Å². The zero-order valence-corrected chi connectivity index (χ0v) is 13.4. The van der Waals surface area contributed by atoms with Crippen LogP contribution in [0.25, 0.3) is 0 Å². The molecule has 0 unspecified atom stereocenters. The predicted molar refractivity (Wildman–Crippen MR) is 84.7 cm³/mol. The fraction of sp³-hybridized carbons (Fsp3) is 0.375. The highest BCUT2D eigenvalue weighted by Crippen LogP contribution is 2.26. The first-order valence-electron chi connectivity index (χ1n) is 7.01. The predicted octanol–water partition coefficient (Wildman–Crippen LogP) is 4.68. The maximum Gasteiger partial charge on any atom is 0.142 e. The molecular weight excluding hydrogens is 309 g/mol. The number of hydrogen-bond donors (Lipinski definition) is 1. The van der Waals surface area contributed by atoms with Crippen molar-refractivity contribution in [1.82, 2.24) is 5.32 Å². The second-order valence-corrected chi connectivity index (χ2v) is 7.06. The molecule has 1 aliphatic rings. The van der Waals surface area contributed by atoms with E-state index in [4.69, 9.17) is 16.3 Å². The van der Waals surface area contributed by atoms with Crippen LogP contribution in [0.5, 0.6) is 5.75 Å². The monoisotopic (exact) mass is 325 g/mol. The average molecular weight is 326 g/mol. The van der Waals surface area contributed by atoms with Crippen LogP contribution in [0.4, 0.5) is 4.39 Å². The molecule has 1 aromatic heterocycles. The van der Waals surface area contributed by atoms with Gasteiger partial charge in [0.1, 0.15) is 18.2 Å². The molecule has 2 aromatic rings. The molecule has 5 heteroatoms. The van der Waals surface area contributed by atoms with Crippen molar-refractivity contribution in [2.24, 2.45) is 0 Å². The lowest BCUT2D eigenvalue weighted by Gasteiger charge is -2.06. The van der Waals surface area contributed by atoms with Crippen molar-refractivity contribution in [3.8, 4) is 5.75 Å². The van der Waals surface area contributed by atoms with Gasteiger partial charge in [0.15, 0.2) is 0 Å². The summed E-state index contributed by atoms with van der Waals surface area (Å²) >= 11 is 7.54. The van der Waals surface area contributed by atoms with E-state index in [2.05, 4.69) is 18.3 Å². The van der Waals surface area contributed by atoms with Gasteiger partial charge in [-0.3, -0.25) is 0 Å². The van der Waals surface area contributed by atoms with E-state index in [0.717, 1.165) is 6.54 Å². The zero-order valence-electron chi connectivity index (χ0n) is 11.8. The van der Waals surface area contributed by atoms with Gasteiger partial charge in [0.25, 0.3) is 0 Å². The Morgan fingerprint density at radius 1 is 1.38 bits per heavy atom. The number of halogens is 2. The third-order valence-electron chi connectivity index (χ3n) is 3.50. The number of hydrogen-bond acceptors (Lipinski definition) is 3. The summed E-state index contributed by atoms with van der Waals surface area (Å²) in [6.07, 6.45) is 2.59. The largest absolute Gasteiger partial charge is 0.489 e. The van der Waals surface area contributed by atoms with Crippen LogP contribution in [0, 0.1) is 12.7 Å². The number of ether oxygens (including phenoxy) is 1. The molecule has 1 fully saturated rings. The van der Waals surface area contributed by atoms with E-state index in [1.807, 2.05) is 0 Å². The van der Waals surface area contributed by atoms with Gasteiger partial charge in [-0.2, -0.15) is 0 Å². The summed E-state index contributed by atoms with van der Waals surface area (Å²) in [4.78, 5) is 2.59. The number of thiophene rings is 1. The molecule has 2 nitrogen and oxygen atoms in total. The maximum absolute atomic E-state index is 13.1. The van der Waals surface area contributed by atoms with Crippen LogP contribution in [0.3, 0.4) is 0 Å². The number of nitrogens with one attached hydrogen (secondary N) is 1. The summed E-state index contributed by atoms with van der Waals surface area (Å²) in [5.74, 6) is 0.161. The van der Waals surface area contributed by atoms with E-state index < -0.39 is 5.82 Å². The summed E-state index contributed by atoms with van der Waals surface area (Å²) in [6.45, 7) is 3.51. The molecule has 112 valence electrons. The molecule has 0 spiro atoms. The van der Waals surface area contributed by atoms with E-state index >= 15 is 0 Å². The minimum atomic E-state index is -0.427. The van der Waals surface area contributed by atoms with E-state index in [9.17, 15) is 4.39 Å². The Labute approximate surface area is 132 Å². The second-order valence-electron chi connectivity index (χ2n) is 5.31. The molecule has 1 aliphatic carbocycles. The van der Waals surface area contributed by atoms with Crippen LogP contribution in [-0.2, 0) is 13.2 Å². The summed E-state index contributed by atoms with van der Waals surface area (Å²) in [6, 6.07) is 7.32. The van der Waals surface area contributed by atoms with Crippen molar-refractivity contribution in [3.05, 3.63) is 50.4 Å². The highest BCUT2D eigenvalue weighted by Gasteiger charge is 2.20. The quantitative estimate of drug-likeness (QED) is 0.832. The lowest BCUT2D eigenvalue weighted by atomic mass is 10.2. The van der Waals surface area contributed by atoms with Gasteiger partial charge in [0, 0.05) is 34.0 Å². The fourth-order valence-electron chi connectivity index (χ4n) is 2.08. The first-order valence-corrected chi connectivity index (χ1v) is 8.20. The number of benzene rings is 1. The second kappa shape index (κ2) is 6.34. The minimum Gasteiger partial charge on any atom is -0.489 e. The van der Waals surface area contributed by atoms with E-state index in [0.29, 0.717) is 18.4 Å². The number of aryl methyl sites for hydroxylation is 1. The summed E-state index contributed by atoms with van der Waals surface area (Å²) < 4.78 is 18.8. The van der Waals surface area contributed by atoms with Gasteiger partial charge in [0.2, 0.25) is 0 Å². The fourth-order valence-corrected chi connectivity index (χ4v) is 3.25. The third-order valence-corrected chi connectivity index (χ3v) is 4.88. The Bertz CT molecular complexity index is 639. The maximum atomic E-state index is 13.1. The Kier molecular flexibility index (Phi) is 4.48. The molecule has 1 saturated carbocycles. The van der Waals surface area contributed by atoms with Gasteiger partial charge in [-0.25, -0.2) is 4.39 Å². The van der Waals surface area contributed by atoms with Gasteiger partial charge in [-0.05, 0) is 38.0 Å². The molecule has 1 heterocycles. The van der Waals surface area contributed by atoms with Gasteiger partial charge in [-0.1, -0.05) is 11.6 Å². The first kappa shape index (κ1) is 14.8. The number of rotatable bonds is 6.